The Labute approximate surface area is 158 Å². The molecule has 0 radical (unpaired) electrons. The highest BCUT2D eigenvalue weighted by molar-refractivity contribution is 5.94. The van der Waals surface area contributed by atoms with E-state index in [0.717, 1.165) is 32.1 Å². The first-order valence-electron chi connectivity index (χ1n) is 9.07. The van der Waals surface area contributed by atoms with Crippen LogP contribution in [0, 0.1) is 17.5 Å². The number of benzene rings is 1. The van der Waals surface area contributed by atoms with Crippen LogP contribution < -0.4 is 0 Å². The Morgan fingerprint density at radius 3 is 2.19 bits per heavy atom. The topological polar surface area (TPSA) is 49.9 Å². The van der Waals surface area contributed by atoms with Gasteiger partial charge in [0.15, 0.2) is 17.5 Å². The second kappa shape index (κ2) is 11.6. The zero-order chi connectivity index (χ0) is 20.4. The van der Waals surface area contributed by atoms with Gasteiger partial charge in [0.25, 0.3) is 5.91 Å². The molecule has 1 rings (SSSR count). The van der Waals surface area contributed by atoms with Gasteiger partial charge >= 0.3 is 5.97 Å². The summed E-state index contributed by atoms with van der Waals surface area (Å²) in [6.45, 7) is 7.09. The zero-order valence-corrected chi connectivity index (χ0v) is 16.1. The normalized spacial score (nSPS) is 10.9. The molecule has 8 heteroatoms. The van der Waals surface area contributed by atoms with Crippen LogP contribution in [-0.4, -0.2) is 61.5 Å². The van der Waals surface area contributed by atoms with Crippen molar-refractivity contribution < 1.29 is 27.5 Å². The number of halogens is 3. The molecule has 0 aliphatic carbocycles. The van der Waals surface area contributed by atoms with Crippen LogP contribution >= 0.6 is 0 Å². The Hall–Kier alpha value is -2.09. The van der Waals surface area contributed by atoms with E-state index in [1.54, 1.807) is 0 Å². The summed E-state index contributed by atoms with van der Waals surface area (Å²) in [5.74, 6) is -5.86. The maximum Gasteiger partial charge on any atom is 0.307 e. The van der Waals surface area contributed by atoms with Gasteiger partial charge in [-0.2, -0.15) is 0 Å². The van der Waals surface area contributed by atoms with Crippen molar-refractivity contribution in [3.8, 4) is 0 Å². The molecule has 0 fully saturated rings. The average Bonchev–Trinajstić information content (AvgIpc) is 2.67. The summed E-state index contributed by atoms with van der Waals surface area (Å²) in [5.41, 5.74) is -0.553. The van der Waals surface area contributed by atoms with E-state index in [2.05, 4.69) is 23.5 Å². The fourth-order valence-electron chi connectivity index (χ4n) is 2.68. The van der Waals surface area contributed by atoms with E-state index in [1.165, 1.54) is 12.0 Å². The first-order valence-corrected chi connectivity index (χ1v) is 9.07. The molecule has 152 valence electrons. The highest BCUT2D eigenvalue weighted by Crippen LogP contribution is 2.17. The number of hydrogen-bond donors (Lipinski definition) is 0. The Bertz CT molecular complexity index is 637. The second-order valence-electron chi connectivity index (χ2n) is 6.08. The van der Waals surface area contributed by atoms with Crippen molar-refractivity contribution in [1.82, 2.24) is 9.80 Å². The lowest BCUT2D eigenvalue weighted by atomic mass is 10.1. The maximum absolute atomic E-state index is 14.0. The lowest BCUT2D eigenvalue weighted by molar-refractivity contribution is -0.140. The summed E-state index contributed by atoms with van der Waals surface area (Å²) < 4.78 is 45.1. The van der Waals surface area contributed by atoms with Crippen molar-refractivity contribution in [2.45, 2.75) is 33.1 Å². The lowest BCUT2D eigenvalue weighted by Crippen LogP contribution is -2.35. The Morgan fingerprint density at radius 1 is 0.963 bits per heavy atom. The highest BCUT2D eigenvalue weighted by Gasteiger charge is 2.23. The number of hydrogen-bond acceptors (Lipinski definition) is 4. The molecule has 0 aliphatic rings. The number of nitrogens with zero attached hydrogens (tertiary/aromatic N) is 2. The average molecular weight is 388 g/mol. The van der Waals surface area contributed by atoms with Gasteiger partial charge in [-0.3, -0.25) is 9.59 Å². The Balaban J connectivity index is 2.82. The van der Waals surface area contributed by atoms with Crippen LogP contribution in [0.5, 0.6) is 0 Å². The molecule has 0 aromatic heterocycles. The molecule has 27 heavy (non-hydrogen) atoms. The molecule has 0 aliphatic heterocycles. The van der Waals surface area contributed by atoms with Crippen molar-refractivity contribution in [2.75, 3.05) is 39.8 Å². The third-order valence-electron chi connectivity index (χ3n) is 4.41. The van der Waals surface area contributed by atoms with Crippen molar-refractivity contribution in [3.63, 3.8) is 0 Å². The molecular weight excluding hydrogens is 361 g/mol. The third kappa shape index (κ3) is 6.86. The molecule has 1 amide bonds. The summed E-state index contributed by atoms with van der Waals surface area (Å²) in [6.07, 6.45) is 1.38. The highest BCUT2D eigenvalue weighted by atomic mass is 19.2. The van der Waals surface area contributed by atoms with Crippen LogP contribution in [0.2, 0.25) is 0 Å². The van der Waals surface area contributed by atoms with Crippen LogP contribution in [0.1, 0.15) is 43.5 Å². The van der Waals surface area contributed by atoms with E-state index in [1.807, 2.05) is 0 Å². The van der Waals surface area contributed by atoms with Gasteiger partial charge in [-0.25, -0.2) is 13.2 Å². The van der Waals surface area contributed by atoms with Gasteiger partial charge in [-0.1, -0.05) is 13.8 Å². The summed E-state index contributed by atoms with van der Waals surface area (Å²) in [7, 11) is 1.23. The molecule has 0 atom stereocenters. The SMILES string of the molecule is CCN(CC)CCCCN(CCC(=O)OC)C(=O)c1ccc(F)c(F)c1F. The van der Waals surface area contributed by atoms with Gasteiger partial charge in [-0.05, 0) is 44.6 Å². The molecule has 1 aromatic carbocycles. The number of rotatable bonds is 11. The van der Waals surface area contributed by atoms with Gasteiger partial charge in [0, 0.05) is 13.1 Å². The van der Waals surface area contributed by atoms with E-state index in [4.69, 9.17) is 0 Å². The fraction of sp³-hybridized carbons (Fsp3) is 0.579. The van der Waals surface area contributed by atoms with Crippen molar-refractivity contribution in [3.05, 3.63) is 35.1 Å². The molecule has 0 saturated carbocycles. The molecule has 0 saturated heterocycles. The van der Waals surface area contributed by atoms with E-state index in [9.17, 15) is 22.8 Å². The molecular formula is C19H27F3N2O3. The van der Waals surface area contributed by atoms with Crippen LogP contribution in [-0.2, 0) is 9.53 Å². The van der Waals surface area contributed by atoms with E-state index < -0.39 is 34.9 Å². The summed E-state index contributed by atoms with van der Waals surface area (Å²) in [5, 5.41) is 0. The summed E-state index contributed by atoms with van der Waals surface area (Å²) >= 11 is 0. The second-order valence-corrected chi connectivity index (χ2v) is 6.08. The van der Waals surface area contributed by atoms with Gasteiger partial charge in [0.05, 0.1) is 19.1 Å². The summed E-state index contributed by atoms with van der Waals surface area (Å²) in [6, 6.07) is 1.63. The minimum absolute atomic E-state index is 0.00914. The van der Waals surface area contributed by atoms with Crippen LogP contribution in [0.4, 0.5) is 13.2 Å². The lowest BCUT2D eigenvalue weighted by Gasteiger charge is -2.24. The number of carbonyl (C=O) groups is 2. The predicted molar refractivity (Wildman–Crippen MR) is 95.9 cm³/mol. The zero-order valence-electron chi connectivity index (χ0n) is 16.1. The van der Waals surface area contributed by atoms with Crippen molar-refractivity contribution >= 4 is 11.9 Å². The van der Waals surface area contributed by atoms with Gasteiger partial charge < -0.3 is 14.5 Å². The van der Waals surface area contributed by atoms with Crippen molar-refractivity contribution in [1.29, 1.82) is 0 Å². The third-order valence-corrected chi connectivity index (χ3v) is 4.41. The number of unbranched alkanes of at least 4 members (excludes halogenated alkanes) is 1. The molecule has 0 N–H and O–H groups in total. The van der Waals surface area contributed by atoms with Gasteiger partial charge in [-0.15, -0.1) is 0 Å². The van der Waals surface area contributed by atoms with Crippen LogP contribution in [0.25, 0.3) is 0 Å². The van der Waals surface area contributed by atoms with E-state index >= 15 is 0 Å². The molecule has 0 unspecified atom stereocenters. The van der Waals surface area contributed by atoms with E-state index in [-0.39, 0.29) is 19.5 Å². The molecule has 1 aromatic rings. The minimum atomic E-state index is -1.68. The number of esters is 1. The van der Waals surface area contributed by atoms with Gasteiger partial charge in [0.1, 0.15) is 0 Å². The number of carbonyl (C=O) groups excluding carboxylic acids is 2. The molecule has 0 heterocycles. The minimum Gasteiger partial charge on any atom is -0.469 e. The first-order chi connectivity index (χ1) is 12.8. The fourth-order valence-corrected chi connectivity index (χ4v) is 2.68. The van der Waals surface area contributed by atoms with Crippen LogP contribution in [0.3, 0.4) is 0 Å². The number of methoxy groups -OCH3 is 1. The van der Waals surface area contributed by atoms with Gasteiger partial charge in [0.2, 0.25) is 0 Å². The monoisotopic (exact) mass is 388 g/mol. The quantitative estimate of drug-likeness (QED) is 0.332. The molecule has 0 bridgehead atoms. The largest absolute Gasteiger partial charge is 0.469 e. The summed E-state index contributed by atoms with van der Waals surface area (Å²) in [4.78, 5) is 27.5. The molecule has 5 nitrogen and oxygen atoms in total. The van der Waals surface area contributed by atoms with Crippen LogP contribution in [0.15, 0.2) is 12.1 Å². The standard InChI is InChI=1S/C19H27F3N2O3/c1-4-23(5-2)11-6-7-12-24(13-10-16(25)27-3)19(26)14-8-9-15(20)18(22)17(14)21/h8-9H,4-7,10-13H2,1-3H3. The Kier molecular flexibility index (Phi) is 9.85. The smallest absolute Gasteiger partial charge is 0.307 e. The van der Waals surface area contributed by atoms with E-state index in [0.29, 0.717) is 12.5 Å². The number of amides is 1. The predicted octanol–water partition coefficient (Wildman–Crippen LogP) is 3.23. The first kappa shape index (κ1) is 23.0. The number of ether oxygens (including phenoxy) is 1. The van der Waals surface area contributed by atoms with Crippen molar-refractivity contribution in [2.24, 2.45) is 0 Å². The maximum atomic E-state index is 14.0. The molecule has 0 spiro atoms. The Morgan fingerprint density at radius 2 is 1.59 bits per heavy atom.